The number of piperidine rings is 1. The van der Waals surface area contributed by atoms with Gasteiger partial charge in [-0.3, -0.25) is 0 Å². The van der Waals surface area contributed by atoms with Crippen molar-refractivity contribution < 1.29 is 14.9 Å². The van der Waals surface area contributed by atoms with Crippen LogP contribution in [0.15, 0.2) is 42.5 Å². The summed E-state index contributed by atoms with van der Waals surface area (Å²) in [5.41, 5.74) is 3.50. The van der Waals surface area contributed by atoms with Crippen LogP contribution in [0.1, 0.15) is 48.3 Å². The molecule has 1 fully saturated rings. The summed E-state index contributed by atoms with van der Waals surface area (Å²) in [6.45, 7) is 4.26. The molecule has 1 saturated heterocycles. The van der Waals surface area contributed by atoms with Crippen molar-refractivity contribution in [3.05, 3.63) is 64.3 Å². The maximum Gasteiger partial charge on any atom is 0.126 e. The topological polar surface area (TPSA) is 68.7 Å². The molecule has 30 heavy (non-hydrogen) atoms. The molecule has 0 aliphatic carbocycles. The molecule has 2 atom stereocenters. The summed E-state index contributed by atoms with van der Waals surface area (Å²) in [5, 5.41) is 23.4. The lowest BCUT2D eigenvalue weighted by Gasteiger charge is -2.46. The van der Waals surface area contributed by atoms with Crippen molar-refractivity contribution in [2.75, 3.05) is 19.6 Å². The summed E-state index contributed by atoms with van der Waals surface area (Å²) in [5.74, 6) is 0.737. The fourth-order valence-electron chi connectivity index (χ4n) is 5.12. The highest BCUT2D eigenvalue weighted by molar-refractivity contribution is 6.30. The van der Waals surface area contributed by atoms with Crippen LogP contribution in [0.25, 0.3) is 10.9 Å². The molecule has 3 N–H and O–H groups in total. The van der Waals surface area contributed by atoms with E-state index in [2.05, 4.69) is 16.0 Å². The fraction of sp³-hybridized carbons (Fsp3) is 0.417. The normalized spacial score (nSPS) is 22.1. The van der Waals surface area contributed by atoms with Crippen molar-refractivity contribution >= 4 is 22.5 Å². The Hall–Kier alpha value is -2.05. The van der Waals surface area contributed by atoms with E-state index in [1.807, 2.05) is 31.2 Å². The van der Waals surface area contributed by atoms with E-state index < -0.39 is 12.2 Å². The number of halogens is 1. The van der Waals surface area contributed by atoms with Gasteiger partial charge in [0.2, 0.25) is 0 Å². The fourth-order valence-corrected chi connectivity index (χ4v) is 5.30. The quantitative estimate of drug-likeness (QED) is 0.576. The molecule has 0 amide bonds. The molecule has 0 bridgehead atoms. The SMILES string of the molecule is Cc1[nH]c2ccccc2c1[C@H](O)CN1CCC2(CC1)C[C@H](O)c1cc(Cl)ccc1O2. The minimum atomic E-state index is -0.557. The highest BCUT2D eigenvalue weighted by Crippen LogP contribution is 2.45. The molecule has 158 valence electrons. The molecule has 0 unspecified atom stereocenters. The van der Waals surface area contributed by atoms with E-state index >= 15 is 0 Å². The van der Waals surface area contributed by atoms with Crippen LogP contribution in [-0.4, -0.2) is 45.3 Å². The van der Waals surface area contributed by atoms with Crippen molar-refractivity contribution in [2.24, 2.45) is 0 Å². The molecule has 1 aromatic heterocycles. The Morgan fingerprint density at radius 2 is 2.00 bits per heavy atom. The average Bonchev–Trinajstić information content (AvgIpc) is 3.06. The van der Waals surface area contributed by atoms with Crippen molar-refractivity contribution in [3.63, 3.8) is 0 Å². The van der Waals surface area contributed by atoms with E-state index in [1.54, 1.807) is 12.1 Å². The van der Waals surface area contributed by atoms with Crippen molar-refractivity contribution in [1.29, 1.82) is 0 Å². The van der Waals surface area contributed by atoms with E-state index in [1.165, 1.54) is 0 Å². The number of aliphatic hydroxyl groups is 2. The number of aromatic amines is 1. The summed E-state index contributed by atoms with van der Waals surface area (Å²) in [4.78, 5) is 5.67. The Bertz CT molecular complexity index is 1070. The second-order valence-electron chi connectivity index (χ2n) is 8.71. The van der Waals surface area contributed by atoms with Gasteiger partial charge in [0.1, 0.15) is 11.4 Å². The van der Waals surface area contributed by atoms with E-state index in [4.69, 9.17) is 16.3 Å². The molecule has 6 heteroatoms. The Labute approximate surface area is 181 Å². The predicted molar refractivity (Wildman–Crippen MR) is 118 cm³/mol. The van der Waals surface area contributed by atoms with Crippen LogP contribution in [-0.2, 0) is 0 Å². The third-order valence-electron chi connectivity index (χ3n) is 6.70. The third kappa shape index (κ3) is 3.50. The average molecular weight is 427 g/mol. The minimum absolute atomic E-state index is 0.349. The molecular formula is C24H27ClN2O3. The Morgan fingerprint density at radius 1 is 1.23 bits per heavy atom. The second kappa shape index (κ2) is 7.57. The third-order valence-corrected chi connectivity index (χ3v) is 6.93. The Kier molecular flexibility index (Phi) is 5.02. The molecule has 2 aromatic carbocycles. The van der Waals surface area contributed by atoms with E-state index in [9.17, 15) is 10.2 Å². The first-order chi connectivity index (χ1) is 14.4. The maximum atomic E-state index is 11.0. The molecule has 2 aliphatic heterocycles. The monoisotopic (exact) mass is 426 g/mol. The minimum Gasteiger partial charge on any atom is -0.487 e. The number of rotatable bonds is 3. The van der Waals surface area contributed by atoms with Crippen molar-refractivity contribution in [3.8, 4) is 5.75 Å². The van der Waals surface area contributed by atoms with Gasteiger partial charge < -0.3 is 24.8 Å². The molecule has 2 aliphatic rings. The van der Waals surface area contributed by atoms with Crippen LogP contribution < -0.4 is 4.74 Å². The Morgan fingerprint density at radius 3 is 2.80 bits per heavy atom. The van der Waals surface area contributed by atoms with Gasteiger partial charge >= 0.3 is 0 Å². The first-order valence-corrected chi connectivity index (χ1v) is 11.0. The number of aromatic nitrogens is 1. The standard InChI is InChI=1S/C24H27ClN2O3/c1-15-23(17-4-2-3-5-19(17)26-15)21(29)14-27-10-8-24(9-11-27)13-20(28)18-12-16(25)6-7-22(18)30-24/h2-7,12,20-21,26,28-29H,8-11,13-14H2,1H3/t20-,21+/m0/s1. The van der Waals surface area contributed by atoms with Gasteiger partial charge in [0.25, 0.3) is 0 Å². The molecule has 3 heterocycles. The van der Waals surface area contributed by atoms with Crippen molar-refractivity contribution in [2.45, 2.75) is 44.0 Å². The number of β-amino-alcohol motifs (C(OH)–C–C–N with tert-alkyl or cyclic N) is 1. The van der Waals surface area contributed by atoms with Gasteiger partial charge in [0.05, 0.1) is 12.2 Å². The molecular weight excluding hydrogens is 400 g/mol. The van der Waals surface area contributed by atoms with Gasteiger partial charge in [0.15, 0.2) is 0 Å². The van der Waals surface area contributed by atoms with Crippen LogP contribution in [0, 0.1) is 6.92 Å². The van der Waals surface area contributed by atoms with Gasteiger partial charge in [-0.15, -0.1) is 0 Å². The van der Waals surface area contributed by atoms with Crippen LogP contribution in [0.4, 0.5) is 0 Å². The lowest BCUT2D eigenvalue weighted by Crippen LogP contribution is -2.51. The van der Waals surface area contributed by atoms with E-state index in [0.717, 1.165) is 59.4 Å². The van der Waals surface area contributed by atoms with Gasteiger partial charge in [-0.05, 0) is 44.0 Å². The van der Waals surface area contributed by atoms with Gasteiger partial charge in [-0.2, -0.15) is 0 Å². The molecule has 0 saturated carbocycles. The number of H-pyrrole nitrogens is 1. The number of nitrogens with one attached hydrogen (secondary N) is 1. The summed E-state index contributed by atoms with van der Waals surface area (Å²) >= 11 is 6.08. The summed E-state index contributed by atoms with van der Waals surface area (Å²) in [7, 11) is 0. The zero-order valence-corrected chi connectivity index (χ0v) is 17.8. The highest BCUT2D eigenvalue weighted by atomic mass is 35.5. The largest absolute Gasteiger partial charge is 0.487 e. The molecule has 3 aromatic rings. The molecule has 1 spiro atoms. The number of aryl methyl sites for hydroxylation is 1. The number of aliphatic hydroxyl groups excluding tert-OH is 2. The first-order valence-electron chi connectivity index (χ1n) is 10.6. The number of fused-ring (bicyclic) bond motifs is 2. The highest BCUT2D eigenvalue weighted by Gasteiger charge is 2.43. The Balaban J connectivity index is 1.27. The number of benzene rings is 2. The maximum absolute atomic E-state index is 11.0. The number of para-hydroxylation sites is 1. The van der Waals surface area contributed by atoms with Gasteiger partial charge in [-0.25, -0.2) is 0 Å². The predicted octanol–water partition coefficient (Wildman–Crippen LogP) is 4.51. The summed E-state index contributed by atoms with van der Waals surface area (Å²) in [6, 6.07) is 13.6. The lowest BCUT2D eigenvalue weighted by atomic mass is 9.81. The molecule has 0 radical (unpaired) electrons. The second-order valence-corrected chi connectivity index (χ2v) is 9.15. The lowest BCUT2D eigenvalue weighted by molar-refractivity contribution is -0.0587. The number of nitrogens with zero attached hydrogens (tertiary/aromatic N) is 1. The van der Waals surface area contributed by atoms with Crippen molar-refractivity contribution in [1.82, 2.24) is 9.88 Å². The van der Waals surface area contributed by atoms with Crippen LogP contribution >= 0.6 is 11.6 Å². The number of hydrogen-bond donors (Lipinski definition) is 3. The number of hydrogen-bond acceptors (Lipinski definition) is 4. The van der Waals surface area contributed by atoms with E-state index in [-0.39, 0.29) is 5.60 Å². The molecule has 5 rings (SSSR count). The van der Waals surface area contributed by atoms with Crippen LogP contribution in [0.5, 0.6) is 5.75 Å². The van der Waals surface area contributed by atoms with Gasteiger partial charge in [-0.1, -0.05) is 29.8 Å². The zero-order valence-electron chi connectivity index (χ0n) is 17.1. The zero-order chi connectivity index (χ0) is 20.9. The summed E-state index contributed by atoms with van der Waals surface area (Å²) in [6.07, 6.45) is 1.13. The number of ether oxygens (including phenoxy) is 1. The smallest absolute Gasteiger partial charge is 0.126 e. The molecule has 5 nitrogen and oxygen atoms in total. The van der Waals surface area contributed by atoms with Crippen LogP contribution in [0.3, 0.4) is 0 Å². The van der Waals surface area contributed by atoms with Gasteiger partial charge in [0, 0.05) is 58.8 Å². The number of likely N-dealkylation sites (tertiary alicyclic amines) is 1. The first kappa shape index (κ1) is 19.9. The van der Waals surface area contributed by atoms with Crippen LogP contribution in [0.2, 0.25) is 5.02 Å². The summed E-state index contributed by atoms with van der Waals surface area (Å²) < 4.78 is 6.38. The van der Waals surface area contributed by atoms with E-state index in [0.29, 0.717) is 18.0 Å².